The van der Waals surface area contributed by atoms with E-state index in [0.29, 0.717) is 17.9 Å². The summed E-state index contributed by atoms with van der Waals surface area (Å²) in [4.78, 5) is 14.9. The van der Waals surface area contributed by atoms with Gasteiger partial charge in [-0.3, -0.25) is 0 Å². The second-order valence-electron chi connectivity index (χ2n) is 5.91. The normalized spacial score (nSPS) is 19.4. The molecule has 0 saturated carbocycles. The van der Waals surface area contributed by atoms with Gasteiger partial charge in [-0.05, 0) is 12.0 Å². The molecule has 0 fully saturated rings. The standard InChI is InChI=1S/C15H22N2O6/c1-9(2)14(16)12(18)8-21-13-5-3-4-10-6-11(23-17(19)20)7-22-15(10)13/h3-5,9,11-12,14,18H,6-8,16H2,1-2H3. The van der Waals surface area contributed by atoms with E-state index in [0.717, 1.165) is 5.56 Å². The Bertz CT molecular complexity index is 551. The molecule has 8 heteroatoms. The van der Waals surface area contributed by atoms with Crippen molar-refractivity contribution in [2.75, 3.05) is 13.2 Å². The quantitative estimate of drug-likeness (QED) is 0.565. The monoisotopic (exact) mass is 326 g/mol. The second-order valence-corrected chi connectivity index (χ2v) is 5.91. The van der Waals surface area contributed by atoms with Crippen LogP contribution in [0.25, 0.3) is 0 Å². The summed E-state index contributed by atoms with van der Waals surface area (Å²) in [5.74, 6) is 1.15. The van der Waals surface area contributed by atoms with Crippen molar-refractivity contribution in [3.63, 3.8) is 0 Å². The number of fused-ring (bicyclic) bond motifs is 1. The number of aliphatic hydroxyl groups is 1. The van der Waals surface area contributed by atoms with E-state index in [1.807, 2.05) is 13.8 Å². The highest BCUT2D eigenvalue weighted by Gasteiger charge is 2.26. The lowest BCUT2D eigenvalue weighted by molar-refractivity contribution is -0.769. The summed E-state index contributed by atoms with van der Waals surface area (Å²) in [7, 11) is 0. The first kappa shape index (κ1) is 17.3. The van der Waals surface area contributed by atoms with E-state index in [2.05, 4.69) is 4.84 Å². The fraction of sp³-hybridized carbons (Fsp3) is 0.600. The van der Waals surface area contributed by atoms with Gasteiger partial charge in [-0.1, -0.05) is 26.0 Å². The average Bonchev–Trinajstić information content (AvgIpc) is 2.50. The second kappa shape index (κ2) is 7.47. The minimum atomic E-state index is -0.816. The highest BCUT2D eigenvalue weighted by atomic mass is 17.0. The molecule has 0 spiro atoms. The summed E-state index contributed by atoms with van der Waals surface area (Å²) in [6.45, 7) is 3.98. The third kappa shape index (κ3) is 4.46. The number of benzene rings is 1. The van der Waals surface area contributed by atoms with Crippen molar-refractivity contribution in [3.05, 3.63) is 33.9 Å². The molecule has 0 radical (unpaired) electrons. The molecule has 0 bridgehead atoms. The lowest BCUT2D eigenvalue weighted by atomic mass is 10.0. The van der Waals surface area contributed by atoms with E-state index < -0.39 is 17.3 Å². The molecule has 8 nitrogen and oxygen atoms in total. The predicted octanol–water partition coefficient (Wildman–Crippen LogP) is 0.921. The molecule has 3 unspecified atom stereocenters. The first-order chi connectivity index (χ1) is 10.9. The van der Waals surface area contributed by atoms with Gasteiger partial charge in [0.15, 0.2) is 11.5 Å². The van der Waals surface area contributed by atoms with Gasteiger partial charge < -0.3 is 25.2 Å². The fourth-order valence-electron chi connectivity index (χ4n) is 2.40. The van der Waals surface area contributed by atoms with Crippen LogP contribution in [0.5, 0.6) is 11.5 Å². The molecule has 1 aliphatic rings. The summed E-state index contributed by atoms with van der Waals surface area (Å²) in [6, 6.07) is 4.91. The zero-order valence-electron chi connectivity index (χ0n) is 13.2. The number of hydrogen-bond acceptors (Lipinski definition) is 7. The van der Waals surface area contributed by atoms with E-state index in [9.17, 15) is 15.2 Å². The maximum absolute atomic E-state index is 10.4. The molecule has 1 aliphatic heterocycles. The third-order valence-electron chi connectivity index (χ3n) is 3.78. The van der Waals surface area contributed by atoms with Crippen LogP contribution in [0.15, 0.2) is 18.2 Å². The van der Waals surface area contributed by atoms with Crippen LogP contribution >= 0.6 is 0 Å². The number of ether oxygens (including phenoxy) is 2. The number of para-hydroxylation sites is 1. The Hall–Kier alpha value is -2.06. The van der Waals surface area contributed by atoms with Gasteiger partial charge in [-0.25, -0.2) is 0 Å². The van der Waals surface area contributed by atoms with E-state index in [1.165, 1.54) is 0 Å². The molecule has 2 rings (SSSR count). The van der Waals surface area contributed by atoms with E-state index in [-0.39, 0.29) is 25.2 Å². The first-order valence-electron chi connectivity index (χ1n) is 7.50. The molecule has 1 aromatic carbocycles. The van der Waals surface area contributed by atoms with E-state index in [4.69, 9.17) is 15.2 Å². The molecule has 23 heavy (non-hydrogen) atoms. The Morgan fingerprint density at radius 1 is 1.52 bits per heavy atom. The number of nitrogens with zero attached hydrogens (tertiary/aromatic N) is 1. The van der Waals surface area contributed by atoms with Gasteiger partial charge >= 0.3 is 0 Å². The number of aliphatic hydroxyl groups excluding tert-OH is 1. The molecule has 128 valence electrons. The molecule has 0 aliphatic carbocycles. The van der Waals surface area contributed by atoms with Crippen molar-refractivity contribution in [2.45, 2.75) is 38.5 Å². The maximum atomic E-state index is 10.4. The molecule has 0 amide bonds. The summed E-state index contributed by atoms with van der Waals surface area (Å²) in [5, 5.41) is 19.6. The van der Waals surface area contributed by atoms with Crippen LogP contribution in [0.2, 0.25) is 0 Å². The van der Waals surface area contributed by atoms with E-state index in [1.54, 1.807) is 18.2 Å². The van der Waals surface area contributed by atoms with Crippen molar-refractivity contribution >= 4 is 0 Å². The molecule has 3 N–H and O–H groups in total. The third-order valence-corrected chi connectivity index (χ3v) is 3.78. The van der Waals surface area contributed by atoms with Gasteiger partial charge in [0.1, 0.15) is 25.4 Å². The Kier molecular flexibility index (Phi) is 5.62. The van der Waals surface area contributed by atoms with Crippen molar-refractivity contribution < 1.29 is 24.5 Å². The molecular formula is C15H22N2O6. The summed E-state index contributed by atoms with van der Waals surface area (Å²) in [6.07, 6.45) is -1.06. The molecule has 1 aromatic rings. The molecule has 0 saturated heterocycles. The van der Waals surface area contributed by atoms with Crippen molar-refractivity contribution in [1.29, 1.82) is 0 Å². The topological polar surface area (TPSA) is 117 Å². The van der Waals surface area contributed by atoms with Crippen LogP contribution in [-0.2, 0) is 11.3 Å². The molecular weight excluding hydrogens is 304 g/mol. The molecule has 3 atom stereocenters. The maximum Gasteiger partial charge on any atom is 0.294 e. The van der Waals surface area contributed by atoms with Crippen LogP contribution < -0.4 is 15.2 Å². The van der Waals surface area contributed by atoms with E-state index >= 15 is 0 Å². The average molecular weight is 326 g/mol. The van der Waals surface area contributed by atoms with Gasteiger partial charge in [-0.15, -0.1) is 10.1 Å². The van der Waals surface area contributed by atoms with Gasteiger partial charge in [0.2, 0.25) is 0 Å². The van der Waals surface area contributed by atoms with Gasteiger partial charge in [0, 0.05) is 18.0 Å². The van der Waals surface area contributed by atoms with Crippen molar-refractivity contribution in [2.24, 2.45) is 11.7 Å². The van der Waals surface area contributed by atoms with Crippen LogP contribution in [0.1, 0.15) is 19.4 Å². The zero-order chi connectivity index (χ0) is 17.0. The SMILES string of the molecule is CC(C)C(N)C(O)COc1cccc2c1OCC(O[N+](=O)[O-])C2. The summed E-state index contributed by atoms with van der Waals surface area (Å²) < 4.78 is 11.2. The largest absolute Gasteiger partial charge is 0.487 e. The number of hydrogen-bond donors (Lipinski definition) is 2. The lowest BCUT2D eigenvalue weighted by Gasteiger charge is -2.26. The Balaban J connectivity index is 2.01. The highest BCUT2D eigenvalue weighted by molar-refractivity contribution is 5.48. The summed E-state index contributed by atoms with van der Waals surface area (Å²) >= 11 is 0. The van der Waals surface area contributed by atoms with Crippen LogP contribution in [0.4, 0.5) is 0 Å². The Labute approximate surface area is 134 Å². The number of nitrogens with two attached hydrogens (primary N) is 1. The smallest absolute Gasteiger partial charge is 0.294 e. The summed E-state index contributed by atoms with van der Waals surface area (Å²) in [5.41, 5.74) is 6.65. The van der Waals surface area contributed by atoms with Crippen LogP contribution in [0, 0.1) is 16.0 Å². The lowest BCUT2D eigenvalue weighted by Crippen LogP contribution is -2.42. The number of rotatable bonds is 7. The van der Waals surface area contributed by atoms with Crippen molar-refractivity contribution in [3.8, 4) is 11.5 Å². The fourth-order valence-corrected chi connectivity index (χ4v) is 2.40. The van der Waals surface area contributed by atoms with Crippen LogP contribution in [-0.4, -0.2) is 41.7 Å². The highest BCUT2D eigenvalue weighted by Crippen LogP contribution is 2.35. The minimum Gasteiger partial charge on any atom is -0.487 e. The van der Waals surface area contributed by atoms with Crippen molar-refractivity contribution in [1.82, 2.24) is 0 Å². The van der Waals surface area contributed by atoms with Gasteiger partial charge in [-0.2, -0.15) is 0 Å². The Morgan fingerprint density at radius 2 is 2.26 bits per heavy atom. The van der Waals surface area contributed by atoms with Gasteiger partial charge in [0.05, 0.1) is 0 Å². The molecule has 1 heterocycles. The van der Waals surface area contributed by atoms with Crippen LogP contribution in [0.3, 0.4) is 0 Å². The zero-order valence-corrected chi connectivity index (χ0v) is 13.2. The minimum absolute atomic E-state index is 0.0496. The predicted molar refractivity (Wildman–Crippen MR) is 81.8 cm³/mol. The Morgan fingerprint density at radius 3 is 2.91 bits per heavy atom. The molecule has 0 aromatic heterocycles. The first-order valence-corrected chi connectivity index (χ1v) is 7.50. The van der Waals surface area contributed by atoms with Gasteiger partial charge in [0.25, 0.3) is 5.09 Å².